The maximum atomic E-state index is 12.4. The number of aryl methyl sites for hydroxylation is 2. The molecule has 3 N–H and O–H groups in total. The van der Waals surface area contributed by atoms with Crippen molar-refractivity contribution in [3.8, 4) is 0 Å². The molecule has 0 bridgehead atoms. The standard InChI is InChI=1S/C26H30N4O3S.Na.H/c1-4-25-28-22-17-18(2)9-14-23(22)30(25)21-12-10-20(11-13-21)15-16-27-26(31)29-34(32,33)24-8-6-5-7-19(24)3;;/h5-14,17,25,28H,4,15-16H2,1-3H3,(H2,27,29,31);;. The molecule has 1 atom stereocenters. The summed E-state index contributed by atoms with van der Waals surface area (Å²) in [6, 6.07) is 20.5. The molecule has 0 radical (unpaired) electrons. The molecule has 4 rings (SSSR count). The predicted octanol–water partition coefficient (Wildman–Crippen LogP) is 4.19. The van der Waals surface area contributed by atoms with Crippen LogP contribution in [0.5, 0.6) is 0 Å². The molecule has 0 saturated heterocycles. The third kappa shape index (κ3) is 6.19. The minimum atomic E-state index is -3.91. The van der Waals surface area contributed by atoms with E-state index in [1.165, 1.54) is 17.3 Å². The molecule has 2 amide bonds. The predicted molar refractivity (Wildman–Crippen MR) is 143 cm³/mol. The van der Waals surface area contributed by atoms with Crippen LogP contribution in [0.1, 0.15) is 30.0 Å². The third-order valence-electron chi connectivity index (χ3n) is 5.96. The molecule has 0 fully saturated rings. The Balaban J connectivity index is 0.00000342. The zero-order chi connectivity index (χ0) is 24.3. The van der Waals surface area contributed by atoms with Crippen molar-refractivity contribution < 1.29 is 13.2 Å². The van der Waals surface area contributed by atoms with E-state index in [9.17, 15) is 13.2 Å². The Morgan fingerprint density at radius 3 is 2.43 bits per heavy atom. The fourth-order valence-electron chi connectivity index (χ4n) is 4.21. The number of benzene rings is 3. The number of sulfonamides is 1. The van der Waals surface area contributed by atoms with E-state index in [1.807, 2.05) is 12.1 Å². The van der Waals surface area contributed by atoms with Gasteiger partial charge in [-0.3, -0.25) is 0 Å². The van der Waals surface area contributed by atoms with Crippen LogP contribution in [-0.2, 0) is 16.4 Å². The van der Waals surface area contributed by atoms with E-state index in [1.54, 1.807) is 25.1 Å². The van der Waals surface area contributed by atoms with E-state index in [2.05, 4.69) is 64.4 Å². The molecule has 35 heavy (non-hydrogen) atoms. The summed E-state index contributed by atoms with van der Waals surface area (Å²) in [5.41, 5.74) is 6.27. The average Bonchev–Trinajstić information content (AvgIpc) is 3.17. The van der Waals surface area contributed by atoms with Gasteiger partial charge in [0.15, 0.2) is 0 Å². The molecule has 3 aromatic rings. The number of nitrogens with one attached hydrogen (secondary N) is 3. The Morgan fingerprint density at radius 2 is 1.74 bits per heavy atom. The number of anilines is 3. The van der Waals surface area contributed by atoms with Crippen LogP contribution in [0.25, 0.3) is 0 Å². The summed E-state index contributed by atoms with van der Waals surface area (Å²) in [5, 5.41) is 6.22. The molecule has 0 aliphatic carbocycles. The van der Waals surface area contributed by atoms with Gasteiger partial charge in [0.1, 0.15) is 6.17 Å². The first-order valence-electron chi connectivity index (χ1n) is 11.4. The van der Waals surface area contributed by atoms with Crippen LogP contribution >= 0.6 is 0 Å². The molecule has 7 nitrogen and oxygen atoms in total. The molecular weight excluding hydrogens is 471 g/mol. The fourth-order valence-corrected chi connectivity index (χ4v) is 5.38. The van der Waals surface area contributed by atoms with Gasteiger partial charge in [-0.05, 0) is 73.7 Å². The molecular formula is C26H31N4NaO3S. The van der Waals surface area contributed by atoms with Crippen molar-refractivity contribution in [3.63, 3.8) is 0 Å². The molecule has 1 aliphatic rings. The second-order valence-corrected chi connectivity index (χ2v) is 10.2. The summed E-state index contributed by atoms with van der Waals surface area (Å²) in [6.45, 7) is 6.26. The molecule has 1 unspecified atom stereocenters. The second kappa shape index (κ2) is 11.5. The number of hydrogen-bond donors (Lipinski definition) is 3. The number of amides is 2. The topological polar surface area (TPSA) is 90.5 Å². The van der Waals surface area contributed by atoms with Gasteiger partial charge in [-0.1, -0.05) is 43.3 Å². The summed E-state index contributed by atoms with van der Waals surface area (Å²) < 4.78 is 27.0. The normalized spacial score (nSPS) is 14.5. The van der Waals surface area contributed by atoms with E-state index in [0.29, 0.717) is 18.5 Å². The van der Waals surface area contributed by atoms with Gasteiger partial charge in [0, 0.05) is 12.2 Å². The molecule has 9 heteroatoms. The third-order valence-corrected chi connectivity index (χ3v) is 7.45. The van der Waals surface area contributed by atoms with Gasteiger partial charge < -0.3 is 15.5 Å². The zero-order valence-corrected chi connectivity index (χ0v) is 20.4. The van der Waals surface area contributed by atoms with Crippen molar-refractivity contribution in [2.75, 3.05) is 16.8 Å². The maximum absolute atomic E-state index is 12.4. The van der Waals surface area contributed by atoms with Gasteiger partial charge >= 0.3 is 35.6 Å². The first kappa shape index (κ1) is 27.1. The van der Waals surface area contributed by atoms with E-state index < -0.39 is 16.1 Å². The van der Waals surface area contributed by atoms with Crippen molar-refractivity contribution in [1.82, 2.24) is 10.0 Å². The van der Waals surface area contributed by atoms with Gasteiger partial charge in [-0.25, -0.2) is 17.9 Å². The summed E-state index contributed by atoms with van der Waals surface area (Å²) in [7, 11) is -3.91. The number of hydrogen-bond acceptors (Lipinski definition) is 5. The molecule has 3 aromatic carbocycles. The number of fused-ring (bicyclic) bond motifs is 1. The van der Waals surface area contributed by atoms with Crippen molar-refractivity contribution in [1.29, 1.82) is 0 Å². The van der Waals surface area contributed by atoms with Crippen LogP contribution in [0.15, 0.2) is 71.6 Å². The zero-order valence-electron chi connectivity index (χ0n) is 19.6. The van der Waals surface area contributed by atoms with Gasteiger partial charge in [-0.2, -0.15) is 0 Å². The number of carbonyl (C=O) groups excluding carboxylic acids is 1. The van der Waals surface area contributed by atoms with Crippen LogP contribution < -0.4 is 20.3 Å². The van der Waals surface area contributed by atoms with Crippen LogP contribution in [0.2, 0.25) is 0 Å². The molecule has 0 spiro atoms. The Bertz CT molecular complexity index is 1300. The number of urea groups is 1. The van der Waals surface area contributed by atoms with Crippen molar-refractivity contribution >= 4 is 62.7 Å². The quantitative estimate of drug-likeness (QED) is 0.422. The number of rotatable bonds is 7. The van der Waals surface area contributed by atoms with Crippen LogP contribution in [0.3, 0.4) is 0 Å². The van der Waals surface area contributed by atoms with Crippen LogP contribution in [0.4, 0.5) is 21.9 Å². The fraction of sp³-hybridized carbons (Fsp3) is 0.269. The summed E-state index contributed by atoms with van der Waals surface area (Å²) in [6.07, 6.45) is 1.74. The summed E-state index contributed by atoms with van der Waals surface area (Å²) in [4.78, 5) is 14.6. The van der Waals surface area contributed by atoms with Gasteiger partial charge in [-0.15, -0.1) is 0 Å². The summed E-state index contributed by atoms with van der Waals surface area (Å²) in [5.74, 6) is 0. The Morgan fingerprint density at radius 1 is 1.03 bits per heavy atom. The second-order valence-electron chi connectivity index (χ2n) is 8.50. The van der Waals surface area contributed by atoms with E-state index in [4.69, 9.17) is 0 Å². The molecule has 0 aromatic heterocycles. The Labute approximate surface area is 229 Å². The van der Waals surface area contributed by atoms with Gasteiger partial charge in [0.2, 0.25) is 0 Å². The molecule has 1 aliphatic heterocycles. The average molecular weight is 503 g/mol. The van der Waals surface area contributed by atoms with Gasteiger partial charge in [0.05, 0.1) is 16.3 Å². The molecule has 180 valence electrons. The first-order chi connectivity index (χ1) is 16.3. The Kier molecular flexibility index (Phi) is 8.88. The van der Waals surface area contributed by atoms with Crippen molar-refractivity contribution in [2.24, 2.45) is 0 Å². The van der Waals surface area contributed by atoms with Crippen molar-refractivity contribution in [2.45, 2.75) is 44.7 Å². The SMILES string of the molecule is CCC1Nc2cc(C)ccc2N1c1ccc(CCNC(=O)NS(=O)(=O)c2ccccc2C)cc1.[NaH]. The monoisotopic (exact) mass is 502 g/mol. The molecule has 0 saturated carbocycles. The number of nitrogens with zero attached hydrogens (tertiary/aromatic N) is 1. The van der Waals surface area contributed by atoms with E-state index >= 15 is 0 Å². The van der Waals surface area contributed by atoms with Crippen LogP contribution in [-0.4, -0.2) is 56.7 Å². The van der Waals surface area contributed by atoms with Crippen molar-refractivity contribution in [3.05, 3.63) is 83.4 Å². The van der Waals surface area contributed by atoms with E-state index in [-0.39, 0.29) is 40.6 Å². The number of carbonyl (C=O) groups is 1. The first-order valence-corrected chi connectivity index (χ1v) is 12.9. The molecule has 1 heterocycles. The van der Waals surface area contributed by atoms with Gasteiger partial charge in [0.25, 0.3) is 10.0 Å². The summed E-state index contributed by atoms with van der Waals surface area (Å²) >= 11 is 0. The van der Waals surface area contributed by atoms with E-state index in [0.717, 1.165) is 23.4 Å². The van der Waals surface area contributed by atoms with Crippen LogP contribution in [0, 0.1) is 13.8 Å². The minimum absolute atomic E-state index is 0. The Hall–Kier alpha value is -2.52.